The van der Waals surface area contributed by atoms with Crippen molar-refractivity contribution >= 4 is 27.9 Å². The molecule has 2 aromatic heterocycles. The topological polar surface area (TPSA) is 69.6 Å². The summed E-state index contributed by atoms with van der Waals surface area (Å²) in [4.78, 5) is 13.0. The molecular weight excluding hydrogens is 250 g/mol. The van der Waals surface area contributed by atoms with Crippen LogP contribution < -0.4 is 5.73 Å². The second-order valence-electron chi connectivity index (χ2n) is 4.53. The molecule has 0 saturated carbocycles. The third-order valence-corrected chi connectivity index (χ3v) is 3.28. The van der Waals surface area contributed by atoms with Crippen molar-refractivity contribution < 1.29 is 0 Å². The summed E-state index contributed by atoms with van der Waals surface area (Å²) in [5.74, 6) is 1.01. The molecule has 0 bridgehead atoms. The molecule has 0 fully saturated rings. The number of hydrogen-bond donors (Lipinski definition) is 1. The molecule has 5 nitrogen and oxygen atoms in total. The van der Waals surface area contributed by atoms with E-state index in [0.29, 0.717) is 0 Å². The second kappa shape index (κ2) is 4.03. The summed E-state index contributed by atoms with van der Waals surface area (Å²) < 4.78 is 1.94. The fourth-order valence-corrected chi connectivity index (χ4v) is 2.39. The van der Waals surface area contributed by atoms with Gasteiger partial charge in [-0.3, -0.25) is 4.57 Å². The average Bonchev–Trinajstić information content (AvgIpc) is 2.90. The van der Waals surface area contributed by atoms with Gasteiger partial charge < -0.3 is 5.73 Å². The second-order valence-corrected chi connectivity index (χ2v) is 4.53. The molecule has 0 radical (unpaired) electrons. The molecule has 4 aromatic rings. The zero-order valence-corrected chi connectivity index (χ0v) is 10.6. The van der Waals surface area contributed by atoms with Crippen molar-refractivity contribution in [3.63, 3.8) is 0 Å². The number of para-hydroxylation sites is 3. The van der Waals surface area contributed by atoms with E-state index >= 15 is 0 Å². The van der Waals surface area contributed by atoms with Crippen LogP contribution in [0.25, 0.3) is 27.8 Å². The molecule has 0 aliphatic carbocycles. The van der Waals surface area contributed by atoms with Crippen molar-refractivity contribution in [3.05, 3.63) is 54.9 Å². The number of imidazole rings is 1. The third kappa shape index (κ3) is 1.53. The maximum absolute atomic E-state index is 5.82. The predicted molar refractivity (Wildman–Crippen MR) is 78.6 cm³/mol. The molecule has 2 N–H and O–H groups in total. The molecule has 20 heavy (non-hydrogen) atoms. The lowest BCUT2D eigenvalue weighted by molar-refractivity contribution is 1.03. The first-order chi connectivity index (χ1) is 9.83. The minimum absolute atomic E-state index is 0.261. The Morgan fingerprint density at radius 2 is 1.60 bits per heavy atom. The zero-order chi connectivity index (χ0) is 13.5. The standard InChI is InChI=1S/C15H11N5/c16-15-18-11-6-2-1-5-10(11)14(19-15)20-9-17-12-7-3-4-8-13(12)20/h1-9H,(H2,16,18,19). The zero-order valence-electron chi connectivity index (χ0n) is 10.6. The van der Waals surface area contributed by atoms with E-state index in [-0.39, 0.29) is 5.95 Å². The van der Waals surface area contributed by atoms with Crippen molar-refractivity contribution in [2.75, 3.05) is 5.73 Å². The maximum atomic E-state index is 5.82. The lowest BCUT2D eigenvalue weighted by Crippen LogP contribution is -2.03. The maximum Gasteiger partial charge on any atom is 0.222 e. The average molecular weight is 261 g/mol. The van der Waals surface area contributed by atoms with E-state index in [9.17, 15) is 0 Å². The predicted octanol–water partition coefficient (Wildman–Crippen LogP) is 2.55. The lowest BCUT2D eigenvalue weighted by atomic mass is 10.2. The summed E-state index contributed by atoms with van der Waals surface area (Å²) in [6.45, 7) is 0. The molecule has 0 aliphatic heterocycles. The van der Waals surface area contributed by atoms with Crippen LogP contribution in [0.1, 0.15) is 0 Å². The Morgan fingerprint density at radius 3 is 2.50 bits per heavy atom. The fourth-order valence-electron chi connectivity index (χ4n) is 2.39. The van der Waals surface area contributed by atoms with E-state index in [4.69, 9.17) is 5.73 Å². The van der Waals surface area contributed by atoms with Crippen LogP contribution in [0, 0.1) is 0 Å². The minimum Gasteiger partial charge on any atom is -0.368 e. The van der Waals surface area contributed by atoms with Crippen LogP contribution in [0.15, 0.2) is 54.9 Å². The van der Waals surface area contributed by atoms with Crippen molar-refractivity contribution in [1.29, 1.82) is 0 Å². The summed E-state index contributed by atoms with van der Waals surface area (Å²) in [6, 6.07) is 15.7. The minimum atomic E-state index is 0.261. The summed E-state index contributed by atoms with van der Waals surface area (Å²) in [7, 11) is 0. The Bertz CT molecular complexity index is 926. The van der Waals surface area contributed by atoms with Crippen LogP contribution in [-0.4, -0.2) is 19.5 Å². The van der Waals surface area contributed by atoms with Gasteiger partial charge in [0.2, 0.25) is 5.95 Å². The molecule has 0 saturated heterocycles. The van der Waals surface area contributed by atoms with E-state index in [0.717, 1.165) is 27.8 Å². The first kappa shape index (κ1) is 10.9. The summed E-state index contributed by atoms with van der Waals surface area (Å²) >= 11 is 0. The van der Waals surface area contributed by atoms with Gasteiger partial charge in [-0.05, 0) is 24.3 Å². The van der Waals surface area contributed by atoms with Crippen LogP contribution in [0.5, 0.6) is 0 Å². The van der Waals surface area contributed by atoms with E-state index in [1.165, 1.54) is 0 Å². The van der Waals surface area contributed by atoms with Crippen LogP contribution in [0.4, 0.5) is 5.95 Å². The molecule has 0 spiro atoms. The first-order valence-electron chi connectivity index (χ1n) is 6.28. The van der Waals surface area contributed by atoms with Gasteiger partial charge in [-0.15, -0.1) is 0 Å². The Kier molecular flexibility index (Phi) is 2.20. The Labute approximate surface area is 114 Å². The number of nitrogens with two attached hydrogens (primary N) is 1. The highest BCUT2D eigenvalue weighted by molar-refractivity contribution is 5.88. The molecule has 2 heterocycles. The van der Waals surface area contributed by atoms with Gasteiger partial charge in [0.25, 0.3) is 0 Å². The number of rotatable bonds is 1. The smallest absolute Gasteiger partial charge is 0.222 e. The van der Waals surface area contributed by atoms with Crippen molar-refractivity contribution in [3.8, 4) is 5.82 Å². The van der Waals surface area contributed by atoms with Gasteiger partial charge in [-0.1, -0.05) is 24.3 Å². The number of hydrogen-bond acceptors (Lipinski definition) is 4. The highest BCUT2D eigenvalue weighted by atomic mass is 15.1. The number of anilines is 1. The normalized spacial score (nSPS) is 11.2. The van der Waals surface area contributed by atoms with Gasteiger partial charge in [0.15, 0.2) is 5.82 Å². The van der Waals surface area contributed by atoms with E-state index in [2.05, 4.69) is 15.0 Å². The van der Waals surface area contributed by atoms with E-state index in [1.807, 2.05) is 53.1 Å². The van der Waals surface area contributed by atoms with Crippen molar-refractivity contribution in [2.45, 2.75) is 0 Å². The molecule has 4 rings (SSSR count). The summed E-state index contributed by atoms with van der Waals surface area (Å²) in [5.41, 5.74) is 8.57. The van der Waals surface area contributed by atoms with Crippen LogP contribution in [-0.2, 0) is 0 Å². The Hall–Kier alpha value is -2.95. The highest BCUT2D eigenvalue weighted by Gasteiger charge is 2.10. The molecule has 96 valence electrons. The van der Waals surface area contributed by atoms with Gasteiger partial charge in [0.05, 0.1) is 16.6 Å². The van der Waals surface area contributed by atoms with Gasteiger partial charge in [-0.2, -0.15) is 4.98 Å². The van der Waals surface area contributed by atoms with Crippen LogP contribution >= 0.6 is 0 Å². The lowest BCUT2D eigenvalue weighted by Gasteiger charge is -2.08. The van der Waals surface area contributed by atoms with E-state index in [1.54, 1.807) is 6.33 Å². The number of fused-ring (bicyclic) bond motifs is 2. The van der Waals surface area contributed by atoms with Crippen LogP contribution in [0.2, 0.25) is 0 Å². The molecule has 5 heteroatoms. The van der Waals surface area contributed by atoms with Gasteiger partial charge in [-0.25, -0.2) is 9.97 Å². The van der Waals surface area contributed by atoms with E-state index < -0.39 is 0 Å². The largest absolute Gasteiger partial charge is 0.368 e. The molecule has 0 unspecified atom stereocenters. The van der Waals surface area contributed by atoms with Crippen molar-refractivity contribution in [2.24, 2.45) is 0 Å². The first-order valence-corrected chi connectivity index (χ1v) is 6.28. The monoisotopic (exact) mass is 261 g/mol. The fraction of sp³-hybridized carbons (Fsp3) is 0. The Balaban J connectivity index is 2.12. The Morgan fingerprint density at radius 1 is 0.850 bits per heavy atom. The van der Waals surface area contributed by atoms with Gasteiger partial charge in [0, 0.05) is 5.39 Å². The van der Waals surface area contributed by atoms with Crippen LogP contribution in [0.3, 0.4) is 0 Å². The third-order valence-electron chi connectivity index (χ3n) is 3.28. The summed E-state index contributed by atoms with van der Waals surface area (Å²) in [5, 5.41) is 0.949. The highest BCUT2D eigenvalue weighted by Crippen LogP contribution is 2.23. The number of benzene rings is 2. The quantitative estimate of drug-likeness (QED) is 0.571. The molecular formula is C15H11N5. The molecule has 0 aliphatic rings. The SMILES string of the molecule is Nc1nc(-n2cnc3ccccc32)c2ccccc2n1. The number of nitrogens with zero attached hydrogens (tertiary/aromatic N) is 4. The molecule has 0 amide bonds. The van der Waals surface area contributed by atoms with Gasteiger partial charge in [0.1, 0.15) is 6.33 Å². The number of nitrogen functional groups attached to an aromatic ring is 1. The molecule has 0 atom stereocenters. The molecule has 2 aromatic carbocycles. The van der Waals surface area contributed by atoms with Gasteiger partial charge >= 0.3 is 0 Å². The summed E-state index contributed by atoms with van der Waals surface area (Å²) in [6.07, 6.45) is 1.76. The number of aromatic nitrogens is 4. The van der Waals surface area contributed by atoms with Crippen molar-refractivity contribution in [1.82, 2.24) is 19.5 Å².